The van der Waals surface area contributed by atoms with Gasteiger partial charge in [-0.3, -0.25) is 9.78 Å². The summed E-state index contributed by atoms with van der Waals surface area (Å²) in [4.78, 5) is 16.9. The number of pyridine rings is 1. The van der Waals surface area contributed by atoms with E-state index in [-0.39, 0.29) is 5.91 Å². The number of nitrogens with one attached hydrogen (secondary N) is 1. The van der Waals surface area contributed by atoms with Crippen molar-refractivity contribution >= 4 is 27.7 Å². The van der Waals surface area contributed by atoms with Gasteiger partial charge in [-0.15, -0.1) is 0 Å². The summed E-state index contributed by atoms with van der Waals surface area (Å²) in [7, 11) is 0. The molecule has 2 aromatic heterocycles. The van der Waals surface area contributed by atoms with E-state index < -0.39 is 0 Å². The van der Waals surface area contributed by atoms with Gasteiger partial charge in [-0.05, 0) is 35.9 Å². The summed E-state index contributed by atoms with van der Waals surface area (Å²) >= 11 is 3.55. The SMILES string of the molecule is O=C(Nc1ccnn1Cc1ccccc1Br)c1cccc(OCc2cccnc2)c1. The highest BCUT2D eigenvalue weighted by molar-refractivity contribution is 9.10. The van der Waals surface area contributed by atoms with E-state index in [1.54, 1.807) is 47.5 Å². The largest absolute Gasteiger partial charge is 0.489 e. The molecule has 0 bridgehead atoms. The van der Waals surface area contributed by atoms with Crippen LogP contribution < -0.4 is 10.1 Å². The molecule has 7 heteroatoms. The summed E-state index contributed by atoms with van der Waals surface area (Å²) in [6.07, 6.45) is 5.14. The molecule has 4 rings (SSSR count). The molecule has 0 saturated heterocycles. The molecule has 6 nitrogen and oxygen atoms in total. The predicted molar refractivity (Wildman–Crippen MR) is 118 cm³/mol. The third kappa shape index (κ3) is 4.93. The molecular formula is C23H19BrN4O2. The molecule has 0 aliphatic carbocycles. The van der Waals surface area contributed by atoms with Gasteiger partial charge in [0.05, 0.1) is 12.7 Å². The third-order valence-corrected chi connectivity index (χ3v) is 5.23. The van der Waals surface area contributed by atoms with E-state index in [0.29, 0.717) is 30.3 Å². The molecule has 30 heavy (non-hydrogen) atoms. The van der Waals surface area contributed by atoms with Crippen LogP contribution in [0, 0.1) is 0 Å². The molecule has 2 heterocycles. The molecular weight excluding hydrogens is 444 g/mol. The molecule has 150 valence electrons. The second kappa shape index (κ2) is 9.37. The van der Waals surface area contributed by atoms with Gasteiger partial charge in [0.1, 0.15) is 18.2 Å². The average Bonchev–Trinajstić information content (AvgIpc) is 3.21. The van der Waals surface area contributed by atoms with Crippen molar-refractivity contribution in [3.05, 3.63) is 106 Å². The Hall–Kier alpha value is -3.45. The molecule has 1 N–H and O–H groups in total. The number of rotatable bonds is 7. The Labute approximate surface area is 182 Å². The maximum Gasteiger partial charge on any atom is 0.256 e. The zero-order valence-electron chi connectivity index (χ0n) is 16.0. The number of ether oxygens (including phenoxy) is 1. The molecule has 0 aliphatic heterocycles. The molecule has 1 amide bonds. The Balaban J connectivity index is 1.43. The highest BCUT2D eigenvalue weighted by atomic mass is 79.9. The Bertz CT molecular complexity index is 1140. The van der Waals surface area contributed by atoms with Gasteiger partial charge in [-0.25, -0.2) is 4.68 Å². The number of amides is 1. The van der Waals surface area contributed by atoms with Gasteiger partial charge in [-0.2, -0.15) is 5.10 Å². The van der Waals surface area contributed by atoms with E-state index in [1.165, 1.54) is 0 Å². The lowest BCUT2D eigenvalue weighted by Gasteiger charge is -2.11. The van der Waals surface area contributed by atoms with E-state index >= 15 is 0 Å². The molecule has 0 unspecified atom stereocenters. The van der Waals surface area contributed by atoms with Gasteiger partial charge in [-0.1, -0.05) is 46.3 Å². The lowest BCUT2D eigenvalue weighted by molar-refractivity contribution is 0.102. The fourth-order valence-corrected chi connectivity index (χ4v) is 3.33. The van der Waals surface area contributed by atoms with Crippen molar-refractivity contribution < 1.29 is 9.53 Å². The van der Waals surface area contributed by atoms with Crippen LogP contribution in [-0.4, -0.2) is 20.7 Å². The Morgan fingerprint density at radius 3 is 2.77 bits per heavy atom. The van der Waals surface area contributed by atoms with Gasteiger partial charge >= 0.3 is 0 Å². The average molecular weight is 463 g/mol. The van der Waals surface area contributed by atoms with Crippen LogP contribution in [0.2, 0.25) is 0 Å². The number of hydrogen-bond donors (Lipinski definition) is 1. The van der Waals surface area contributed by atoms with Gasteiger partial charge in [0.2, 0.25) is 0 Å². The minimum absolute atomic E-state index is 0.226. The van der Waals surface area contributed by atoms with Crippen molar-refractivity contribution in [1.82, 2.24) is 14.8 Å². The second-order valence-electron chi connectivity index (χ2n) is 6.60. The summed E-state index contributed by atoms with van der Waals surface area (Å²) in [5.41, 5.74) is 2.54. The van der Waals surface area contributed by atoms with Crippen molar-refractivity contribution in [1.29, 1.82) is 0 Å². The first-order valence-corrected chi connectivity index (χ1v) is 10.2. The van der Waals surface area contributed by atoms with E-state index in [2.05, 4.69) is 31.3 Å². The van der Waals surface area contributed by atoms with E-state index in [4.69, 9.17) is 4.74 Å². The number of carbonyl (C=O) groups excluding carboxylic acids is 1. The lowest BCUT2D eigenvalue weighted by Crippen LogP contribution is -2.16. The fourth-order valence-electron chi connectivity index (χ4n) is 2.92. The van der Waals surface area contributed by atoms with Crippen LogP contribution >= 0.6 is 15.9 Å². The monoisotopic (exact) mass is 462 g/mol. The summed E-state index contributed by atoms with van der Waals surface area (Å²) in [6, 6.07) is 20.6. The summed E-state index contributed by atoms with van der Waals surface area (Å²) in [6.45, 7) is 0.927. The van der Waals surface area contributed by atoms with E-state index in [9.17, 15) is 4.79 Å². The van der Waals surface area contributed by atoms with Crippen LogP contribution in [0.3, 0.4) is 0 Å². The third-order valence-electron chi connectivity index (χ3n) is 4.46. The molecule has 0 radical (unpaired) electrons. The van der Waals surface area contributed by atoms with E-state index in [1.807, 2.05) is 42.5 Å². The molecule has 0 aliphatic rings. The first-order chi connectivity index (χ1) is 14.7. The Morgan fingerprint density at radius 1 is 1.03 bits per heavy atom. The van der Waals surface area contributed by atoms with Crippen LogP contribution in [0.25, 0.3) is 0 Å². The Morgan fingerprint density at radius 2 is 1.93 bits per heavy atom. The molecule has 0 spiro atoms. The second-order valence-corrected chi connectivity index (χ2v) is 7.45. The fraction of sp³-hybridized carbons (Fsp3) is 0.0870. The Kier molecular flexibility index (Phi) is 6.20. The van der Waals surface area contributed by atoms with Crippen molar-refractivity contribution in [2.75, 3.05) is 5.32 Å². The van der Waals surface area contributed by atoms with Crippen molar-refractivity contribution in [3.8, 4) is 5.75 Å². The summed E-state index contributed by atoms with van der Waals surface area (Å²) in [5, 5.41) is 7.26. The number of carbonyl (C=O) groups is 1. The van der Waals surface area contributed by atoms with Crippen LogP contribution in [0.5, 0.6) is 5.75 Å². The number of hydrogen-bond acceptors (Lipinski definition) is 4. The maximum atomic E-state index is 12.8. The topological polar surface area (TPSA) is 69.0 Å². The normalized spacial score (nSPS) is 10.6. The smallest absolute Gasteiger partial charge is 0.256 e. The molecule has 0 saturated carbocycles. The van der Waals surface area contributed by atoms with Gasteiger partial charge in [0, 0.05) is 34.1 Å². The lowest BCUT2D eigenvalue weighted by atomic mass is 10.2. The number of nitrogens with zero attached hydrogens (tertiary/aromatic N) is 3. The van der Waals surface area contributed by atoms with Crippen molar-refractivity contribution in [3.63, 3.8) is 0 Å². The number of aromatic nitrogens is 3. The van der Waals surface area contributed by atoms with Gasteiger partial charge in [0.15, 0.2) is 0 Å². The molecule has 0 atom stereocenters. The van der Waals surface area contributed by atoms with Crippen LogP contribution in [-0.2, 0) is 13.2 Å². The molecule has 2 aromatic carbocycles. The first kappa shape index (κ1) is 19.8. The summed E-state index contributed by atoms with van der Waals surface area (Å²) < 4.78 is 8.54. The number of halogens is 1. The first-order valence-electron chi connectivity index (χ1n) is 9.37. The van der Waals surface area contributed by atoms with Gasteiger partial charge in [0.25, 0.3) is 5.91 Å². The molecule has 4 aromatic rings. The van der Waals surface area contributed by atoms with Gasteiger partial charge < -0.3 is 10.1 Å². The minimum Gasteiger partial charge on any atom is -0.489 e. The molecule has 0 fully saturated rings. The highest BCUT2D eigenvalue weighted by Gasteiger charge is 2.12. The highest BCUT2D eigenvalue weighted by Crippen LogP contribution is 2.20. The van der Waals surface area contributed by atoms with Crippen LogP contribution in [0.15, 0.2) is 89.8 Å². The quantitative estimate of drug-likeness (QED) is 0.423. The maximum absolute atomic E-state index is 12.8. The minimum atomic E-state index is -0.226. The zero-order chi connectivity index (χ0) is 20.8. The van der Waals surface area contributed by atoms with E-state index in [0.717, 1.165) is 15.6 Å². The van der Waals surface area contributed by atoms with Crippen LogP contribution in [0.4, 0.5) is 5.82 Å². The van der Waals surface area contributed by atoms with Crippen molar-refractivity contribution in [2.45, 2.75) is 13.2 Å². The predicted octanol–water partition coefficient (Wildman–Crippen LogP) is 4.92. The van der Waals surface area contributed by atoms with Crippen LogP contribution in [0.1, 0.15) is 21.5 Å². The van der Waals surface area contributed by atoms with Crippen molar-refractivity contribution in [2.24, 2.45) is 0 Å². The number of anilines is 1. The summed E-state index contributed by atoms with van der Waals surface area (Å²) in [5.74, 6) is 1.02. The zero-order valence-corrected chi connectivity index (χ0v) is 17.6. The standard InChI is InChI=1S/C23H19BrN4O2/c24-21-9-2-1-6-19(21)15-28-22(10-12-26-28)27-23(29)18-7-3-8-20(13-18)30-16-17-5-4-11-25-14-17/h1-14H,15-16H2,(H,27,29). The number of benzene rings is 2.